The van der Waals surface area contributed by atoms with Crippen LogP contribution in [0.5, 0.6) is 0 Å². The second-order valence-electron chi connectivity index (χ2n) is 5.56. The summed E-state index contributed by atoms with van der Waals surface area (Å²) in [6.07, 6.45) is 2.62. The third-order valence-electron chi connectivity index (χ3n) is 4.55. The monoisotopic (exact) mass is 242 g/mol. The van der Waals surface area contributed by atoms with Gasteiger partial charge in [-0.1, -0.05) is 25.1 Å². The Morgan fingerprint density at radius 1 is 1.22 bits per heavy atom. The normalized spacial score (nSPS) is 19.2. The van der Waals surface area contributed by atoms with Gasteiger partial charge in [-0.25, -0.2) is 0 Å². The Hall–Kier alpha value is -1.28. The first-order valence-corrected chi connectivity index (χ1v) is 7.02. The third-order valence-corrected chi connectivity index (χ3v) is 4.55. The summed E-state index contributed by atoms with van der Waals surface area (Å²) in [6, 6.07) is 11.1. The van der Waals surface area contributed by atoms with Crippen LogP contribution in [0.2, 0.25) is 0 Å². The van der Waals surface area contributed by atoms with Gasteiger partial charge in [0, 0.05) is 18.3 Å². The zero-order chi connectivity index (χ0) is 12.5. The average molecular weight is 242 g/mol. The number of hydrogen-bond acceptors (Lipinski definition) is 1. The molecule has 0 saturated carbocycles. The van der Waals surface area contributed by atoms with E-state index >= 15 is 0 Å². The van der Waals surface area contributed by atoms with E-state index in [-0.39, 0.29) is 0 Å². The van der Waals surface area contributed by atoms with Gasteiger partial charge in [0.05, 0.1) is 0 Å². The molecule has 1 N–H and O–H groups in total. The molecule has 3 rings (SSSR count). The summed E-state index contributed by atoms with van der Waals surface area (Å²) in [5.74, 6) is 1.48. The number of hydrogen-bond donors (Lipinski definition) is 1. The van der Waals surface area contributed by atoms with Crippen LogP contribution in [-0.2, 0) is 7.05 Å². The predicted molar refractivity (Wildman–Crippen MR) is 76.9 cm³/mol. The van der Waals surface area contributed by atoms with Crippen LogP contribution in [0.1, 0.15) is 31.4 Å². The first-order chi connectivity index (χ1) is 8.77. The van der Waals surface area contributed by atoms with Crippen molar-refractivity contribution in [2.24, 2.45) is 13.0 Å². The predicted octanol–water partition coefficient (Wildman–Crippen LogP) is 3.28. The van der Waals surface area contributed by atoms with Crippen LogP contribution in [-0.4, -0.2) is 17.7 Å². The van der Waals surface area contributed by atoms with Gasteiger partial charge in [0.15, 0.2) is 0 Å². The number of benzene rings is 1. The highest BCUT2D eigenvalue weighted by atomic mass is 15.0. The highest BCUT2D eigenvalue weighted by Gasteiger charge is 2.23. The lowest BCUT2D eigenvalue weighted by molar-refractivity contribution is 0.324. The highest BCUT2D eigenvalue weighted by molar-refractivity contribution is 5.81. The molecular weight excluding hydrogens is 220 g/mol. The Balaban J connectivity index is 1.95. The van der Waals surface area contributed by atoms with Crippen molar-refractivity contribution in [3.8, 4) is 0 Å². The molecule has 0 radical (unpaired) electrons. The Bertz CT molecular complexity index is 535. The fourth-order valence-corrected chi connectivity index (χ4v) is 3.33. The van der Waals surface area contributed by atoms with Crippen LogP contribution in [0.4, 0.5) is 0 Å². The molecular formula is C16H22N2. The van der Waals surface area contributed by atoms with Crippen molar-refractivity contribution in [3.63, 3.8) is 0 Å². The summed E-state index contributed by atoms with van der Waals surface area (Å²) >= 11 is 0. The molecule has 0 bridgehead atoms. The summed E-state index contributed by atoms with van der Waals surface area (Å²) in [5, 5.41) is 4.83. The molecule has 1 atom stereocenters. The second-order valence-corrected chi connectivity index (χ2v) is 5.56. The van der Waals surface area contributed by atoms with E-state index in [4.69, 9.17) is 0 Å². The fourth-order valence-electron chi connectivity index (χ4n) is 3.33. The standard InChI is InChI=1S/C16H22N2/c1-12(13-7-9-17-10-8-13)16-11-14-5-3-4-6-15(14)18(16)2/h3-6,11-13,17H,7-10H2,1-2H3. The fraction of sp³-hybridized carbons (Fsp3) is 0.500. The number of aromatic nitrogens is 1. The molecule has 2 aromatic rings. The number of rotatable bonds is 2. The van der Waals surface area contributed by atoms with Crippen molar-refractivity contribution in [2.75, 3.05) is 13.1 Å². The average Bonchev–Trinajstić information content (AvgIpc) is 2.77. The van der Waals surface area contributed by atoms with E-state index in [1.165, 1.54) is 42.5 Å². The zero-order valence-electron chi connectivity index (χ0n) is 11.3. The van der Waals surface area contributed by atoms with Gasteiger partial charge in [-0.2, -0.15) is 0 Å². The molecule has 0 amide bonds. The first-order valence-electron chi connectivity index (χ1n) is 7.02. The van der Waals surface area contributed by atoms with Gasteiger partial charge in [-0.3, -0.25) is 0 Å². The highest BCUT2D eigenvalue weighted by Crippen LogP contribution is 2.33. The quantitative estimate of drug-likeness (QED) is 0.855. The molecule has 1 aliphatic heterocycles. The third kappa shape index (κ3) is 1.95. The van der Waals surface area contributed by atoms with Gasteiger partial charge < -0.3 is 9.88 Å². The number of para-hydroxylation sites is 1. The van der Waals surface area contributed by atoms with E-state index in [1.807, 2.05) is 0 Å². The molecule has 1 unspecified atom stereocenters. The molecule has 1 saturated heterocycles. The number of fused-ring (bicyclic) bond motifs is 1. The maximum Gasteiger partial charge on any atom is 0.0479 e. The molecule has 1 aliphatic rings. The van der Waals surface area contributed by atoms with Crippen LogP contribution >= 0.6 is 0 Å². The SMILES string of the molecule is CC(c1cc2ccccc2n1C)C1CCNCC1. The minimum absolute atomic E-state index is 0.657. The van der Waals surface area contributed by atoms with Gasteiger partial charge >= 0.3 is 0 Å². The van der Waals surface area contributed by atoms with E-state index in [1.54, 1.807) is 0 Å². The van der Waals surface area contributed by atoms with Crippen molar-refractivity contribution < 1.29 is 0 Å². The molecule has 1 fully saturated rings. The van der Waals surface area contributed by atoms with Crippen LogP contribution in [0.25, 0.3) is 10.9 Å². The number of nitrogens with zero attached hydrogens (tertiary/aromatic N) is 1. The molecule has 96 valence electrons. The molecule has 1 aromatic carbocycles. The van der Waals surface area contributed by atoms with Crippen LogP contribution in [0, 0.1) is 5.92 Å². The summed E-state index contributed by atoms with van der Waals surface area (Å²) in [7, 11) is 2.20. The van der Waals surface area contributed by atoms with E-state index < -0.39 is 0 Å². The van der Waals surface area contributed by atoms with Gasteiger partial charge in [0.1, 0.15) is 0 Å². The first kappa shape index (κ1) is 11.8. The summed E-state index contributed by atoms with van der Waals surface area (Å²) in [6.45, 7) is 4.75. The van der Waals surface area contributed by atoms with Crippen molar-refractivity contribution >= 4 is 10.9 Å². The molecule has 2 heterocycles. The van der Waals surface area contributed by atoms with Crippen molar-refractivity contribution in [3.05, 3.63) is 36.0 Å². The van der Waals surface area contributed by atoms with Gasteiger partial charge in [0.2, 0.25) is 0 Å². The second kappa shape index (κ2) is 4.77. The van der Waals surface area contributed by atoms with Gasteiger partial charge in [-0.15, -0.1) is 0 Å². The van der Waals surface area contributed by atoms with Crippen molar-refractivity contribution in [1.82, 2.24) is 9.88 Å². The van der Waals surface area contributed by atoms with Crippen LogP contribution in [0.3, 0.4) is 0 Å². The number of nitrogens with one attached hydrogen (secondary N) is 1. The van der Waals surface area contributed by atoms with E-state index in [0.29, 0.717) is 5.92 Å². The number of aryl methyl sites for hydroxylation is 1. The lowest BCUT2D eigenvalue weighted by Gasteiger charge is -2.28. The lowest BCUT2D eigenvalue weighted by atomic mass is 9.84. The van der Waals surface area contributed by atoms with Crippen molar-refractivity contribution in [1.29, 1.82) is 0 Å². The Labute approximate surface area is 109 Å². The topological polar surface area (TPSA) is 17.0 Å². The van der Waals surface area contributed by atoms with E-state index in [2.05, 4.69) is 54.2 Å². The molecule has 2 nitrogen and oxygen atoms in total. The maximum atomic E-state index is 3.46. The number of piperidine rings is 1. The molecule has 2 heteroatoms. The zero-order valence-corrected chi connectivity index (χ0v) is 11.3. The van der Waals surface area contributed by atoms with E-state index in [9.17, 15) is 0 Å². The summed E-state index contributed by atoms with van der Waals surface area (Å²) < 4.78 is 2.38. The Kier molecular flexibility index (Phi) is 3.13. The largest absolute Gasteiger partial charge is 0.347 e. The molecule has 0 aliphatic carbocycles. The molecule has 0 spiro atoms. The molecule has 18 heavy (non-hydrogen) atoms. The van der Waals surface area contributed by atoms with Gasteiger partial charge in [-0.05, 0) is 55.3 Å². The van der Waals surface area contributed by atoms with Gasteiger partial charge in [0.25, 0.3) is 0 Å². The summed E-state index contributed by atoms with van der Waals surface area (Å²) in [5.41, 5.74) is 2.84. The maximum absolute atomic E-state index is 3.46. The van der Waals surface area contributed by atoms with Crippen LogP contribution in [0.15, 0.2) is 30.3 Å². The Morgan fingerprint density at radius 3 is 2.67 bits per heavy atom. The van der Waals surface area contributed by atoms with Crippen LogP contribution < -0.4 is 5.32 Å². The smallest absolute Gasteiger partial charge is 0.0479 e. The minimum Gasteiger partial charge on any atom is -0.347 e. The lowest BCUT2D eigenvalue weighted by Crippen LogP contribution is -2.30. The Morgan fingerprint density at radius 2 is 1.94 bits per heavy atom. The van der Waals surface area contributed by atoms with Crippen molar-refractivity contribution in [2.45, 2.75) is 25.7 Å². The summed E-state index contributed by atoms with van der Waals surface area (Å²) in [4.78, 5) is 0. The molecule has 1 aromatic heterocycles. The van der Waals surface area contributed by atoms with E-state index in [0.717, 1.165) is 5.92 Å². The minimum atomic E-state index is 0.657.